The highest BCUT2D eigenvalue weighted by molar-refractivity contribution is 14.0. The molecule has 0 spiro atoms. The van der Waals surface area contributed by atoms with Crippen LogP contribution in [0.1, 0.15) is 69.3 Å². The molecule has 1 heterocycles. The maximum atomic E-state index is 12.6. The van der Waals surface area contributed by atoms with Crippen molar-refractivity contribution in [1.82, 2.24) is 20.9 Å². The Kier molecular flexibility index (Phi) is 13.2. The first-order valence-electron chi connectivity index (χ1n) is 11.7. The molecule has 1 saturated heterocycles. The molecule has 1 aromatic rings. The molecule has 9 heteroatoms. The van der Waals surface area contributed by atoms with Gasteiger partial charge in [-0.2, -0.15) is 0 Å². The summed E-state index contributed by atoms with van der Waals surface area (Å²) in [5, 5.41) is 9.24. The lowest BCUT2D eigenvalue weighted by Gasteiger charge is -2.26. The van der Waals surface area contributed by atoms with Crippen LogP contribution in [0.2, 0.25) is 0 Å². The molecule has 2 rings (SSSR count). The van der Waals surface area contributed by atoms with Crippen LogP contribution in [0.3, 0.4) is 0 Å². The second kappa shape index (κ2) is 15.0. The van der Waals surface area contributed by atoms with Crippen molar-refractivity contribution in [2.45, 2.75) is 65.5 Å². The molecule has 0 unspecified atom stereocenters. The van der Waals surface area contributed by atoms with Crippen LogP contribution in [0.5, 0.6) is 0 Å². The summed E-state index contributed by atoms with van der Waals surface area (Å²) in [6.07, 6.45) is 3.74. The minimum atomic E-state index is -0.494. The number of carbonyl (C=O) groups is 2. The summed E-state index contributed by atoms with van der Waals surface area (Å²) >= 11 is 0. The van der Waals surface area contributed by atoms with Crippen molar-refractivity contribution in [3.63, 3.8) is 0 Å². The van der Waals surface area contributed by atoms with Gasteiger partial charge in [0.15, 0.2) is 5.96 Å². The number of nitrogens with one attached hydrogen (secondary N) is 3. The van der Waals surface area contributed by atoms with E-state index in [0.29, 0.717) is 19.6 Å². The highest BCUT2D eigenvalue weighted by Crippen LogP contribution is 2.14. The molecule has 186 valence electrons. The van der Waals surface area contributed by atoms with Crippen LogP contribution in [-0.4, -0.2) is 61.2 Å². The number of guanidine groups is 1. The van der Waals surface area contributed by atoms with Crippen LogP contribution >= 0.6 is 24.0 Å². The van der Waals surface area contributed by atoms with Gasteiger partial charge in [-0.25, -0.2) is 9.79 Å². The predicted molar refractivity (Wildman–Crippen MR) is 143 cm³/mol. The highest BCUT2D eigenvalue weighted by atomic mass is 127. The van der Waals surface area contributed by atoms with Crippen molar-refractivity contribution in [1.29, 1.82) is 0 Å². The van der Waals surface area contributed by atoms with E-state index in [1.54, 1.807) is 0 Å². The van der Waals surface area contributed by atoms with Gasteiger partial charge >= 0.3 is 6.09 Å². The zero-order valence-electron chi connectivity index (χ0n) is 20.4. The summed E-state index contributed by atoms with van der Waals surface area (Å²) in [6, 6.07) is 7.72. The number of hydrogen-bond acceptors (Lipinski definition) is 4. The number of rotatable bonds is 8. The molecule has 0 aromatic heterocycles. The first-order chi connectivity index (χ1) is 15.3. The summed E-state index contributed by atoms with van der Waals surface area (Å²) in [7, 11) is 0. The number of amides is 2. The van der Waals surface area contributed by atoms with E-state index in [1.165, 1.54) is 6.42 Å². The molecule has 1 fully saturated rings. The summed E-state index contributed by atoms with van der Waals surface area (Å²) in [5.41, 5.74) is 1.29. The number of benzene rings is 1. The summed E-state index contributed by atoms with van der Waals surface area (Å²) in [6.45, 7) is 11.7. The Balaban J connectivity index is 0.00000544. The molecule has 0 saturated carbocycles. The van der Waals surface area contributed by atoms with Crippen LogP contribution in [0.15, 0.2) is 29.3 Å². The average molecular weight is 574 g/mol. The van der Waals surface area contributed by atoms with E-state index in [0.717, 1.165) is 56.0 Å². The Morgan fingerprint density at radius 3 is 2.24 bits per heavy atom. The van der Waals surface area contributed by atoms with Gasteiger partial charge in [-0.3, -0.25) is 4.79 Å². The summed E-state index contributed by atoms with van der Waals surface area (Å²) in [4.78, 5) is 30.8. The standard InChI is InChI=1S/C24H39N5O3.HI/c1-5-25-22(26-14-9-15-27-23(31)32-24(2,3)4)28-18-19-10-12-20(13-11-19)21(30)29-16-7-6-8-17-29;/h10-13H,5-9,14-18H2,1-4H3,(H,27,31)(H2,25,26,28);1H. The van der Waals surface area contributed by atoms with Crippen molar-refractivity contribution in [2.75, 3.05) is 32.7 Å². The first-order valence-corrected chi connectivity index (χ1v) is 11.7. The molecule has 2 amide bonds. The maximum absolute atomic E-state index is 12.6. The zero-order chi connectivity index (χ0) is 23.4. The number of aliphatic imine (C=N–C) groups is 1. The second-order valence-corrected chi connectivity index (χ2v) is 8.95. The third kappa shape index (κ3) is 11.6. The topological polar surface area (TPSA) is 95.1 Å². The fourth-order valence-corrected chi connectivity index (χ4v) is 3.34. The van der Waals surface area contributed by atoms with Crippen molar-refractivity contribution in [2.24, 2.45) is 4.99 Å². The number of piperidine rings is 1. The lowest BCUT2D eigenvalue weighted by molar-refractivity contribution is 0.0527. The van der Waals surface area contributed by atoms with Crippen molar-refractivity contribution in [3.8, 4) is 0 Å². The zero-order valence-corrected chi connectivity index (χ0v) is 22.7. The monoisotopic (exact) mass is 573 g/mol. The van der Waals surface area contributed by atoms with Gasteiger partial charge in [-0.1, -0.05) is 12.1 Å². The average Bonchev–Trinajstić information content (AvgIpc) is 2.76. The smallest absolute Gasteiger partial charge is 0.407 e. The van der Waals surface area contributed by atoms with Gasteiger partial charge in [-0.15, -0.1) is 24.0 Å². The van der Waals surface area contributed by atoms with Crippen LogP contribution in [-0.2, 0) is 11.3 Å². The molecule has 0 aliphatic carbocycles. The van der Waals surface area contributed by atoms with Crippen LogP contribution in [0.25, 0.3) is 0 Å². The fraction of sp³-hybridized carbons (Fsp3) is 0.625. The molecule has 8 nitrogen and oxygen atoms in total. The molecule has 1 aliphatic heterocycles. The first kappa shape index (κ1) is 29.0. The van der Waals surface area contributed by atoms with E-state index in [1.807, 2.05) is 56.9 Å². The number of alkyl carbamates (subject to hydrolysis) is 1. The molecule has 0 bridgehead atoms. The molecule has 1 aliphatic rings. The van der Waals surface area contributed by atoms with Gasteiger partial charge in [0, 0.05) is 38.3 Å². The van der Waals surface area contributed by atoms with Crippen LogP contribution in [0, 0.1) is 0 Å². The number of ether oxygens (including phenoxy) is 1. The lowest BCUT2D eigenvalue weighted by Crippen LogP contribution is -2.39. The van der Waals surface area contributed by atoms with Gasteiger partial charge in [0.25, 0.3) is 5.91 Å². The number of likely N-dealkylation sites (tertiary alicyclic amines) is 1. The Labute approximate surface area is 215 Å². The SMILES string of the molecule is CCNC(=NCc1ccc(C(=O)N2CCCCC2)cc1)NCCCNC(=O)OC(C)(C)C.I. The summed E-state index contributed by atoms with van der Waals surface area (Å²) in [5.74, 6) is 0.841. The van der Waals surface area contributed by atoms with Crippen LogP contribution in [0.4, 0.5) is 4.79 Å². The number of nitrogens with zero attached hydrogens (tertiary/aromatic N) is 2. The minimum absolute atomic E-state index is 0. The number of hydrogen-bond donors (Lipinski definition) is 3. The van der Waals surface area contributed by atoms with Gasteiger partial charge < -0.3 is 25.6 Å². The predicted octanol–water partition coefficient (Wildman–Crippen LogP) is 3.90. The normalized spacial score (nSPS) is 14.2. The van der Waals surface area contributed by atoms with E-state index in [9.17, 15) is 9.59 Å². The van der Waals surface area contributed by atoms with E-state index in [4.69, 9.17) is 4.74 Å². The van der Waals surface area contributed by atoms with Gasteiger partial charge in [0.05, 0.1) is 6.54 Å². The Bertz CT molecular complexity index is 756. The van der Waals surface area contributed by atoms with Crippen molar-refractivity contribution >= 4 is 41.9 Å². The third-order valence-electron chi connectivity index (χ3n) is 4.92. The molecular weight excluding hydrogens is 533 g/mol. The minimum Gasteiger partial charge on any atom is -0.444 e. The number of carbonyl (C=O) groups excluding carboxylic acids is 2. The third-order valence-corrected chi connectivity index (χ3v) is 4.92. The Hall–Kier alpha value is -2.04. The van der Waals surface area contributed by atoms with Crippen molar-refractivity contribution in [3.05, 3.63) is 35.4 Å². The highest BCUT2D eigenvalue weighted by Gasteiger charge is 2.18. The second-order valence-electron chi connectivity index (χ2n) is 8.95. The fourth-order valence-electron chi connectivity index (χ4n) is 3.34. The van der Waals surface area contributed by atoms with E-state index < -0.39 is 11.7 Å². The maximum Gasteiger partial charge on any atom is 0.407 e. The molecule has 0 atom stereocenters. The van der Waals surface area contributed by atoms with Gasteiger partial charge in [-0.05, 0) is 71.1 Å². The quantitative estimate of drug-likeness (QED) is 0.190. The molecular formula is C24H40IN5O3. The molecule has 33 heavy (non-hydrogen) atoms. The van der Waals surface area contributed by atoms with Gasteiger partial charge in [0.2, 0.25) is 0 Å². The van der Waals surface area contributed by atoms with Crippen LogP contribution < -0.4 is 16.0 Å². The lowest BCUT2D eigenvalue weighted by atomic mass is 10.1. The Morgan fingerprint density at radius 1 is 1.00 bits per heavy atom. The van der Waals surface area contributed by atoms with E-state index in [-0.39, 0.29) is 29.9 Å². The summed E-state index contributed by atoms with van der Waals surface area (Å²) < 4.78 is 5.22. The molecule has 3 N–H and O–H groups in total. The number of halogens is 1. The molecule has 0 radical (unpaired) electrons. The van der Waals surface area contributed by atoms with Crippen molar-refractivity contribution < 1.29 is 14.3 Å². The van der Waals surface area contributed by atoms with E-state index in [2.05, 4.69) is 20.9 Å². The Morgan fingerprint density at radius 2 is 1.64 bits per heavy atom. The largest absolute Gasteiger partial charge is 0.444 e. The van der Waals surface area contributed by atoms with Gasteiger partial charge in [0.1, 0.15) is 5.60 Å². The molecule has 1 aromatic carbocycles. The van der Waals surface area contributed by atoms with E-state index >= 15 is 0 Å².